The Kier molecular flexibility index (Phi) is 5.13. The lowest BCUT2D eigenvalue weighted by Gasteiger charge is -2.34. The number of piperidine rings is 1. The van der Waals surface area contributed by atoms with E-state index in [1.165, 1.54) is 0 Å². The van der Waals surface area contributed by atoms with Crippen LogP contribution < -0.4 is 5.32 Å². The van der Waals surface area contributed by atoms with Crippen LogP contribution in [0, 0.1) is 17.3 Å². The van der Waals surface area contributed by atoms with Gasteiger partial charge in [-0.2, -0.15) is 0 Å². The maximum atomic E-state index is 12.6. The number of oxazole rings is 1. The lowest BCUT2D eigenvalue weighted by atomic mass is 9.91. The molecule has 2 heterocycles. The second kappa shape index (κ2) is 7.21. The number of rotatable bonds is 3. The first-order valence-corrected chi connectivity index (χ1v) is 9.29. The molecule has 2 aromatic rings. The summed E-state index contributed by atoms with van der Waals surface area (Å²) in [6, 6.07) is 5.06. The Bertz CT molecular complexity index is 853. The van der Waals surface area contributed by atoms with Crippen molar-refractivity contribution in [3.63, 3.8) is 0 Å². The quantitative estimate of drug-likeness (QED) is 0.848. The molecule has 2 N–H and O–H groups in total. The zero-order valence-corrected chi connectivity index (χ0v) is 16.3. The summed E-state index contributed by atoms with van der Waals surface area (Å²) in [5, 5.41) is 12.1. The molecule has 0 radical (unpaired) electrons. The van der Waals surface area contributed by atoms with Gasteiger partial charge in [-0.25, -0.2) is 9.78 Å². The maximum absolute atomic E-state index is 12.6. The monoisotopic (exact) mass is 373 g/mol. The van der Waals surface area contributed by atoms with Gasteiger partial charge < -0.3 is 19.7 Å². The predicted molar refractivity (Wildman–Crippen MR) is 103 cm³/mol. The number of fused-ring (bicyclic) bond motifs is 1. The smallest absolute Gasteiger partial charge is 0.321 e. The third kappa shape index (κ3) is 4.78. The molecule has 2 atom stereocenters. The van der Waals surface area contributed by atoms with Gasteiger partial charge in [-0.1, -0.05) is 27.7 Å². The lowest BCUT2D eigenvalue weighted by Crippen LogP contribution is -2.47. The molecule has 0 bridgehead atoms. The number of nitrogens with zero attached hydrogens (tertiary/aromatic N) is 2. The van der Waals surface area contributed by atoms with E-state index in [0.29, 0.717) is 35.6 Å². The molecule has 1 aromatic carbocycles. The minimum absolute atomic E-state index is 0.0730. The number of carbonyl (C=O) groups is 2. The van der Waals surface area contributed by atoms with Crippen LogP contribution in [0.1, 0.15) is 40.0 Å². The number of hydrogen-bond acceptors (Lipinski definition) is 4. The highest BCUT2D eigenvalue weighted by molar-refractivity contribution is 5.92. The minimum Gasteiger partial charge on any atom is -0.481 e. The van der Waals surface area contributed by atoms with Crippen molar-refractivity contribution in [1.29, 1.82) is 0 Å². The Labute approximate surface area is 158 Å². The number of carboxylic acid groups (broad SMARTS) is 1. The molecule has 146 valence electrons. The number of likely N-dealkylation sites (tertiary alicyclic amines) is 1. The zero-order valence-electron chi connectivity index (χ0n) is 16.3. The molecule has 27 heavy (non-hydrogen) atoms. The largest absolute Gasteiger partial charge is 0.481 e. The van der Waals surface area contributed by atoms with Gasteiger partial charge in [0, 0.05) is 25.2 Å². The molecular formula is C20H27N3O4. The summed E-state index contributed by atoms with van der Waals surface area (Å²) in [5.74, 6) is -0.536. The molecular weight excluding hydrogens is 346 g/mol. The van der Waals surface area contributed by atoms with Crippen LogP contribution in [0.15, 0.2) is 22.6 Å². The normalized spacial score (nSPS) is 20.7. The highest BCUT2D eigenvalue weighted by Crippen LogP contribution is 2.26. The summed E-state index contributed by atoms with van der Waals surface area (Å²) in [6.07, 6.45) is 1.33. The number of carbonyl (C=O) groups excluding carboxylic acids is 1. The van der Waals surface area contributed by atoms with Crippen LogP contribution in [0.2, 0.25) is 0 Å². The standard InChI is InChI=1S/C20H27N3O4/c1-12-7-13(18(24)25)11-23(10-12)19(26)21-14-5-6-16-15(8-14)22-17(27-16)9-20(2,3)4/h5-6,8,12-13H,7,9-11H2,1-4H3,(H,21,26)(H,24,25). The van der Waals surface area contributed by atoms with E-state index in [1.807, 2.05) is 6.92 Å². The number of aromatic nitrogens is 1. The average molecular weight is 373 g/mol. The van der Waals surface area contributed by atoms with Crippen molar-refractivity contribution in [1.82, 2.24) is 9.88 Å². The van der Waals surface area contributed by atoms with Gasteiger partial charge in [0.1, 0.15) is 5.52 Å². The Balaban J connectivity index is 1.72. The Morgan fingerprint density at radius 1 is 1.33 bits per heavy atom. The van der Waals surface area contributed by atoms with Gasteiger partial charge in [-0.3, -0.25) is 4.79 Å². The lowest BCUT2D eigenvalue weighted by molar-refractivity contribution is -0.143. The summed E-state index contributed by atoms with van der Waals surface area (Å²) < 4.78 is 5.78. The first kappa shape index (κ1) is 19.2. The Morgan fingerprint density at radius 3 is 2.74 bits per heavy atom. The second-order valence-corrected chi connectivity index (χ2v) is 8.74. The molecule has 1 fully saturated rings. The third-order valence-corrected chi connectivity index (χ3v) is 4.66. The molecule has 1 aliphatic heterocycles. The van der Waals surface area contributed by atoms with Gasteiger partial charge in [-0.05, 0) is 36.0 Å². The van der Waals surface area contributed by atoms with E-state index < -0.39 is 11.9 Å². The Hall–Kier alpha value is -2.57. The van der Waals surface area contributed by atoms with Crippen molar-refractivity contribution in [2.45, 2.75) is 40.5 Å². The van der Waals surface area contributed by atoms with Crippen molar-refractivity contribution in [3.8, 4) is 0 Å². The van der Waals surface area contributed by atoms with Crippen LogP contribution in [0.3, 0.4) is 0 Å². The van der Waals surface area contributed by atoms with E-state index in [9.17, 15) is 14.7 Å². The van der Waals surface area contributed by atoms with Crippen LogP contribution in [0.25, 0.3) is 11.1 Å². The molecule has 7 nitrogen and oxygen atoms in total. The number of benzene rings is 1. The molecule has 1 saturated heterocycles. The van der Waals surface area contributed by atoms with Crippen LogP contribution >= 0.6 is 0 Å². The highest BCUT2D eigenvalue weighted by Gasteiger charge is 2.32. The third-order valence-electron chi connectivity index (χ3n) is 4.66. The fraction of sp³-hybridized carbons (Fsp3) is 0.550. The summed E-state index contributed by atoms with van der Waals surface area (Å²) in [4.78, 5) is 30.0. The molecule has 1 aromatic heterocycles. The second-order valence-electron chi connectivity index (χ2n) is 8.74. The topological polar surface area (TPSA) is 95.7 Å². The first-order chi connectivity index (χ1) is 12.6. The number of hydrogen-bond donors (Lipinski definition) is 2. The van der Waals surface area contributed by atoms with E-state index in [2.05, 4.69) is 31.1 Å². The SMILES string of the molecule is CC1CC(C(=O)O)CN(C(=O)Nc2ccc3oc(CC(C)(C)C)nc3c2)C1. The van der Waals surface area contributed by atoms with E-state index in [4.69, 9.17) is 4.42 Å². The van der Waals surface area contributed by atoms with Gasteiger partial charge in [0.2, 0.25) is 0 Å². The van der Waals surface area contributed by atoms with Gasteiger partial charge in [0.15, 0.2) is 11.5 Å². The molecule has 1 aliphatic rings. The predicted octanol–water partition coefficient (Wildman–Crippen LogP) is 3.99. The molecule has 7 heteroatoms. The van der Waals surface area contributed by atoms with E-state index in [1.54, 1.807) is 23.1 Å². The van der Waals surface area contributed by atoms with Crippen molar-refractivity contribution in [2.75, 3.05) is 18.4 Å². The van der Waals surface area contributed by atoms with E-state index in [0.717, 1.165) is 6.42 Å². The van der Waals surface area contributed by atoms with Gasteiger partial charge in [-0.15, -0.1) is 0 Å². The highest BCUT2D eigenvalue weighted by atomic mass is 16.4. The molecule has 0 aliphatic carbocycles. The number of carboxylic acids is 1. The molecule has 0 saturated carbocycles. The number of anilines is 1. The molecule has 2 amide bonds. The van der Waals surface area contributed by atoms with E-state index >= 15 is 0 Å². The van der Waals surface area contributed by atoms with Crippen LogP contribution in [-0.2, 0) is 11.2 Å². The van der Waals surface area contributed by atoms with Crippen molar-refractivity contribution in [3.05, 3.63) is 24.1 Å². The summed E-state index contributed by atoms with van der Waals surface area (Å²) >= 11 is 0. The number of urea groups is 1. The Morgan fingerprint density at radius 2 is 2.07 bits per heavy atom. The fourth-order valence-electron chi connectivity index (χ4n) is 3.48. The summed E-state index contributed by atoms with van der Waals surface area (Å²) in [5.41, 5.74) is 2.07. The summed E-state index contributed by atoms with van der Waals surface area (Å²) in [7, 11) is 0. The van der Waals surface area contributed by atoms with Crippen LogP contribution in [0.5, 0.6) is 0 Å². The fourth-order valence-corrected chi connectivity index (χ4v) is 3.48. The van der Waals surface area contributed by atoms with Crippen molar-refractivity contribution < 1.29 is 19.1 Å². The van der Waals surface area contributed by atoms with Crippen LogP contribution in [0.4, 0.5) is 10.5 Å². The van der Waals surface area contributed by atoms with Gasteiger partial charge >= 0.3 is 12.0 Å². The molecule has 2 unspecified atom stereocenters. The maximum Gasteiger partial charge on any atom is 0.321 e. The van der Waals surface area contributed by atoms with Gasteiger partial charge in [0.05, 0.1) is 5.92 Å². The zero-order chi connectivity index (χ0) is 19.8. The van der Waals surface area contributed by atoms with Crippen LogP contribution in [-0.4, -0.2) is 40.1 Å². The summed E-state index contributed by atoms with van der Waals surface area (Å²) in [6.45, 7) is 9.12. The molecule has 0 spiro atoms. The van der Waals surface area contributed by atoms with Crippen molar-refractivity contribution in [2.24, 2.45) is 17.3 Å². The first-order valence-electron chi connectivity index (χ1n) is 9.29. The number of aliphatic carboxylic acids is 1. The number of nitrogens with one attached hydrogen (secondary N) is 1. The van der Waals surface area contributed by atoms with E-state index in [-0.39, 0.29) is 23.9 Å². The number of amides is 2. The minimum atomic E-state index is -0.852. The van der Waals surface area contributed by atoms with Gasteiger partial charge in [0.25, 0.3) is 0 Å². The average Bonchev–Trinajstić information content (AvgIpc) is 2.93. The van der Waals surface area contributed by atoms with Crippen molar-refractivity contribution >= 4 is 28.8 Å². The molecule has 3 rings (SSSR count).